The molecule has 6 rings (SSSR count). The van der Waals surface area contributed by atoms with Crippen LogP contribution >= 0.6 is 22.7 Å². The van der Waals surface area contributed by atoms with Crippen molar-refractivity contribution in [1.29, 1.82) is 0 Å². The Morgan fingerprint density at radius 1 is 0.524 bits per heavy atom. The molecule has 0 aliphatic carbocycles. The van der Waals surface area contributed by atoms with Crippen molar-refractivity contribution in [2.75, 3.05) is 26.4 Å². The Balaban J connectivity index is 0.957. The van der Waals surface area contributed by atoms with Crippen LogP contribution in [0.15, 0.2) is 94.5 Å². The second-order valence-corrected chi connectivity index (χ2v) is 11.4. The third-order valence-electron chi connectivity index (χ3n) is 6.42. The van der Waals surface area contributed by atoms with E-state index in [1.807, 2.05) is 36.4 Å². The summed E-state index contributed by atoms with van der Waals surface area (Å²) in [6.07, 6.45) is 0. The van der Waals surface area contributed by atoms with Crippen LogP contribution in [0.2, 0.25) is 0 Å². The van der Waals surface area contributed by atoms with Crippen molar-refractivity contribution in [3.05, 3.63) is 105 Å². The van der Waals surface area contributed by atoms with Crippen LogP contribution < -0.4 is 20.3 Å². The van der Waals surface area contributed by atoms with E-state index in [0.29, 0.717) is 33.0 Å². The normalized spacial score (nSPS) is 11.1. The molecule has 2 aromatic heterocycles. The van der Waals surface area contributed by atoms with E-state index >= 15 is 0 Å². The van der Waals surface area contributed by atoms with Gasteiger partial charge in [0.1, 0.15) is 24.7 Å². The van der Waals surface area contributed by atoms with E-state index in [1.165, 1.54) is 22.7 Å². The van der Waals surface area contributed by atoms with Crippen molar-refractivity contribution in [2.24, 2.45) is 0 Å². The molecule has 0 bridgehead atoms. The van der Waals surface area contributed by atoms with Crippen molar-refractivity contribution in [2.45, 2.75) is 0 Å². The van der Waals surface area contributed by atoms with Crippen molar-refractivity contribution < 1.29 is 28.5 Å². The van der Waals surface area contributed by atoms with E-state index in [1.54, 1.807) is 48.5 Å². The fourth-order valence-corrected chi connectivity index (χ4v) is 6.53. The minimum absolute atomic E-state index is 0.0944. The zero-order valence-electron chi connectivity index (χ0n) is 22.0. The minimum Gasteiger partial charge on any atom is -0.482 e. The summed E-state index contributed by atoms with van der Waals surface area (Å²) in [6, 6.07) is 25.0. The van der Waals surface area contributed by atoms with Crippen LogP contribution in [0.5, 0.6) is 11.5 Å². The van der Waals surface area contributed by atoms with Crippen LogP contribution in [0.4, 0.5) is 0 Å². The number of fused-ring (bicyclic) bond motifs is 4. The second kappa shape index (κ2) is 12.0. The average molecular weight is 599 g/mol. The number of esters is 2. The summed E-state index contributed by atoms with van der Waals surface area (Å²) in [5.74, 6) is -0.558. The Hall–Kier alpha value is -4.80. The maximum atomic E-state index is 12.8. The molecule has 0 radical (unpaired) electrons. The molecule has 0 N–H and O–H groups in total. The molecule has 0 saturated carbocycles. The van der Waals surface area contributed by atoms with E-state index in [2.05, 4.69) is 0 Å². The second-order valence-electron chi connectivity index (χ2n) is 9.19. The Morgan fingerprint density at radius 2 is 0.929 bits per heavy atom. The van der Waals surface area contributed by atoms with Gasteiger partial charge in [0.05, 0.1) is 0 Å². The lowest BCUT2D eigenvalue weighted by Crippen LogP contribution is -2.21. The van der Waals surface area contributed by atoms with Crippen molar-refractivity contribution in [3.63, 3.8) is 0 Å². The van der Waals surface area contributed by atoms with Crippen LogP contribution in [0, 0.1) is 0 Å². The highest BCUT2D eigenvalue weighted by Gasteiger charge is 2.11. The number of carbonyl (C=O) groups is 2. The highest BCUT2D eigenvalue weighted by atomic mass is 32.1. The van der Waals surface area contributed by atoms with Gasteiger partial charge in [-0.3, -0.25) is 9.59 Å². The lowest BCUT2D eigenvalue weighted by molar-refractivity contribution is -0.154. The molecule has 0 atom stereocenters. The molecule has 0 spiro atoms. The van der Waals surface area contributed by atoms with Crippen LogP contribution in [-0.2, 0) is 19.1 Å². The Morgan fingerprint density at radius 3 is 1.38 bits per heavy atom. The highest BCUT2D eigenvalue weighted by Crippen LogP contribution is 2.28. The van der Waals surface area contributed by atoms with Gasteiger partial charge in [-0.25, -0.2) is 9.59 Å². The quantitative estimate of drug-likeness (QED) is 0.119. The smallest absolute Gasteiger partial charge is 0.344 e. The topological polar surface area (TPSA) is 105 Å². The van der Waals surface area contributed by atoms with Crippen LogP contribution in [0.3, 0.4) is 0 Å². The van der Waals surface area contributed by atoms with Crippen LogP contribution in [0.1, 0.15) is 0 Å². The molecule has 4 aromatic carbocycles. The standard InChI is InChI=1S/C32H22O8S2/c33-29(17-39-19-9-11-27-23(15-19)31(35)21-5-1-3-7-25(21)41-27)37-13-14-38-30(34)18-40-20-10-12-28-24(16-20)32(36)22-6-2-4-8-26(22)42-28/h1-12,15-16H,13-14,17-18H2. The van der Waals surface area contributed by atoms with Gasteiger partial charge in [-0.15, -0.1) is 22.7 Å². The molecule has 2 heterocycles. The van der Waals surface area contributed by atoms with E-state index in [0.717, 1.165) is 18.8 Å². The third kappa shape index (κ3) is 5.81. The van der Waals surface area contributed by atoms with Crippen molar-refractivity contribution in [1.82, 2.24) is 0 Å². The predicted molar refractivity (Wildman–Crippen MR) is 164 cm³/mol. The fourth-order valence-electron chi connectivity index (χ4n) is 4.42. The third-order valence-corrected chi connectivity index (χ3v) is 8.72. The summed E-state index contributed by atoms with van der Waals surface area (Å²) in [4.78, 5) is 49.9. The fraction of sp³-hybridized carbons (Fsp3) is 0.125. The SMILES string of the molecule is O=C(COc1ccc2sc3ccccc3c(=O)c2c1)OCCOC(=O)COc1ccc2sc3ccccc3c(=O)c2c1. The number of benzene rings is 4. The lowest BCUT2D eigenvalue weighted by Gasteiger charge is -2.09. The molecule has 0 aliphatic rings. The van der Waals surface area contributed by atoms with Gasteiger partial charge in [0.25, 0.3) is 0 Å². The largest absolute Gasteiger partial charge is 0.482 e. The molecule has 210 valence electrons. The predicted octanol–water partition coefficient (Wildman–Crippen LogP) is 5.69. The maximum absolute atomic E-state index is 12.8. The van der Waals surface area contributed by atoms with Gasteiger partial charge in [-0.2, -0.15) is 0 Å². The molecule has 0 aliphatic heterocycles. The van der Waals surface area contributed by atoms with Crippen LogP contribution in [0.25, 0.3) is 40.3 Å². The summed E-state index contributed by atoms with van der Waals surface area (Å²) >= 11 is 3.02. The highest BCUT2D eigenvalue weighted by molar-refractivity contribution is 7.24. The van der Waals surface area contributed by atoms with Gasteiger partial charge < -0.3 is 18.9 Å². The van der Waals surface area contributed by atoms with Crippen molar-refractivity contribution >= 4 is 75.0 Å². The molecular weight excluding hydrogens is 576 g/mol. The number of ether oxygens (including phenoxy) is 4. The van der Waals surface area contributed by atoms with Gasteiger partial charge in [0.2, 0.25) is 0 Å². The molecule has 8 nitrogen and oxygen atoms in total. The number of hydrogen-bond donors (Lipinski definition) is 0. The molecule has 0 fully saturated rings. The number of hydrogen-bond acceptors (Lipinski definition) is 10. The van der Waals surface area contributed by atoms with Gasteiger partial charge in [-0.1, -0.05) is 24.3 Å². The first-order valence-corrected chi connectivity index (χ1v) is 14.6. The van der Waals surface area contributed by atoms with Gasteiger partial charge in [0.15, 0.2) is 24.1 Å². The summed E-state index contributed by atoms with van der Waals surface area (Å²) in [5.41, 5.74) is -0.189. The molecule has 0 amide bonds. The van der Waals surface area contributed by atoms with E-state index in [-0.39, 0.29) is 37.3 Å². The molecule has 10 heteroatoms. The first-order valence-electron chi connectivity index (χ1n) is 12.9. The summed E-state index contributed by atoms with van der Waals surface area (Å²) in [6.45, 7) is -1.05. The molecular formula is C32H22O8S2. The molecule has 6 aromatic rings. The number of rotatable bonds is 9. The molecule has 0 saturated heterocycles. The Labute approximate surface area is 246 Å². The van der Waals surface area contributed by atoms with Gasteiger partial charge >= 0.3 is 11.9 Å². The van der Waals surface area contributed by atoms with E-state index in [4.69, 9.17) is 18.9 Å². The average Bonchev–Trinajstić information content (AvgIpc) is 3.01. The van der Waals surface area contributed by atoms with Crippen molar-refractivity contribution in [3.8, 4) is 11.5 Å². The Kier molecular flexibility index (Phi) is 7.81. The maximum Gasteiger partial charge on any atom is 0.344 e. The lowest BCUT2D eigenvalue weighted by atomic mass is 10.2. The zero-order chi connectivity index (χ0) is 29.1. The summed E-state index contributed by atoms with van der Waals surface area (Å²) < 4.78 is 24.6. The van der Waals surface area contributed by atoms with E-state index in [9.17, 15) is 19.2 Å². The minimum atomic E-state index is -0.649. The Bertz CT molecular complexity index is 1950. The first kappa shape index (κ1) is 27.4. The van der Waals surface area contributed by atoms with Gasteiger partial charge in [-0.05, 0) is 60.7 Å². The monoisotopic (exact) mass is 598 g/mol. The van der Waals surface area contributed by atoms with Crippen LogP contribution in [-0.4, -0.2) is 38.4 Å². The van der Waals surface area contributed by atoms with E-state index < -0.39 is 11.9 Å². The van der Waals surface area contributed by atoms with Gasteiger partial charge in [0, 0.05) is 40.3 Å². The molecule has 0 unspecified atom stereocenters. The summed E-state index contributed by atoms with van der Waals surface area (Å²) in [5, 5.41) is 2.30. The molecule has 42 heavy (non-hydrogen) atoms. The first-order chi connectivity index (χ1) is 20.5. The zero-order valence-corrected chi connectivity index (χ0v) is 23.6. The summed E-state index contributed by atoms with van der Waals surface area (Å²) in [7, 11) is 0. The number of carbonyl (C=O) groups excluding carboxylic acids is 2.